The summed E-state index contributed by atoms with van der Waals surface area (Å²) in [6, 6.07) is 1.47. The number of imidazole rings is 1. The van der Waals surface area contributed by atoms with Crippen LogP contribution < -0.4 is 4.90 Å². The highest BCUT2D eigenvalue weighted by Gasteiger charge is 2.20. The predicted molar refractivity (Wildman–Crippen MR) is 67.0 cm³/mol. The average molecular weight is 259 g/mol. The Morgan fingerprint density at radius 3 is 3.00 bits per heavy atom. The van der Waals surface area contributed by atoms with E-state index in [9.17, 15) is 4.79 Å². The van der Waals surface area contributed by atoms with E-state index in [0.717, 1.165) is 18.9 Å². The van der Waals surface area contributed by atoms with Crippen LogP contribution in [-0.4, -0.2) is 37.1 Å². The largest absolute Gasteiger partial charge is 0.477 e. The van der Waals surface area contributed by atoms with Crippen LogP contribution in [0.25, 0.3) is 0 Å². The normalized spacial score (nSPS) is 14.3. The molecule has 0 atom stereocenters. The first-order valence-corrected chi connectivity index (χ1v) is 5.97. The molecule has 98 valence electrons. The van der Waals surface area contributed by atoms with Crippen LogP contribution >= 0.6 is 0 Å². The zero-order valence-electron chi connectivity index (χ0n) is 10.4. The molecule has 0 unspecified atom stereocenters. The first-order chi connectivity index (χ1) is 9.13. The molecule has 0 spiro atoms. The Labute approximate surface area is 109 Å². The average Bonchev–Trinajstić information content (AvgIpc) is 2.85. The summed E-state index contributed by atoms with van der Waals surface area (Å²) in [6.07, 6.45) is 3.70. The monoisotopic (exact) mass is 259 g/mol. The second-order valence-electron chi connectivity index (χ2n) is 4.46. The Bertz CT molecular complexity index is 637. The van der Waals surface area contributed by atoms with Crippen molar-refractivity contribution in [2.75, 3.05) is 11.4 Å². The third-order valence-corrected chi connectivity index (χ3v) is 3.09. The van der Waals surface area contributed by atoms with E-state index in [1.807, 2.05) is 11.1 Å². The zero-order valence-corrected chi connectivity index (χ0v) is 10.4. The lowest BCUT2D eigenvalue weighted by Gasteiger charge is -2.27. The fourth-order valence-corrected chi connectivity index (χ4v) is 2.15. The first kappa shape index (κ1) is 11.6. The van der Waals surface area contributed by atoms with Gasteiger partial charge in [0.1, 0.15) is 5.82 Å². The molecular formula is C12H13N5O2. The third kappa shape index (κ3) is 2.14. The lowest BCUT2D eigenvalue weighted by molar-refractivity contribution is 0.0690. The van der Waals surface area contributed by atoms with Crippen LogP contribution in [0, 0.1) is 6.92 Å². The van der Waals surface area contributed by atoms with Gasteiger partial charge in [-0.1, -0.05) is 0 Å². The van der Waals surface area contributed by atoms with Crippen molar-refractivity contribution in [2.45, 2.75) is 20.0 Å². The summed E-state index contributed by atoms with van der Waals surface area (Å²) < 4.78 is 2.07. The van der Waals surface area contributed by atoms with E-state index in [1.54, 1.807) is 13.1 Å². The highest BCUT2D eigenvalue weighted by molar-refractivity contribution is 5.85. The van der Waals surface area contributed by atoms with E-state index in [2.05, 4.69) is 19.5 Å². The quantitative estimate of drug-likeness (QED) is 0.854. The van der Waals surface area contributed by atoms with Gasteiger partial charge in [0, 0.05) is 31.2 Å². The minimum Gasteiger partial charge on any atom is -0.477 e. The summed E-state index contributed by atoms with van der Waals surface area (Å²) in [5, 5.41) is 9.03. The lowest BCUT2D eigenvalue weighted by atomic mass is 10.3. The molecule has 1 aliphatic heterocycles. The number of fused-ring (bicyclic) bond motifs is 1. The van der Waals surface area contributed by atoms with Crippen LogP contribution in [-0.2, 0) is 13.1 Å². The van der Waals surface area contributed by atoms with E-state index in [0.29, 0.717) is 18.2 Å². The smallest absolute Gasteiger partial charge is 0.354 e. The molecule has 0 amide bonds. The minimum absolute atomic E-state index is 0.0245. The fraction of sp³-hybridized carbons (Fsp3) is 0.333. The van der Waals surface area contributed by atoms with E-state index in [4.69, 9.17) is 5.11 Å². The van der Waals surface area contributed by atoms with Gasteiger partial charge in [0.05, 0.1) is 6.54 Å². The van der Waals surface area contributed by atoms with E-state index in [1.165, 1.54) is 6.07 Å². The van der Waals surface area contributed by atoms with Gasteiger partial charge in [-0.25, -0.2) is 19.7 Å². The van der Waals surface area contributed by atoms with Crippen molar-refractivity contribution in [1.29, 1.82) is 0 Å². The molecule has 3 heterocycles. The van der Waals surface area contributed by atoms with Gasteiger partial charge in [-0.2, -0.15) is 0 Å². The molecule has 0 saturated carbocycles. The van der Waals surface area contributed by atoms with Crippen LogP contribution in [0.4, 0.5) is 5.95 Å². The molecule has 0 bridgehead atoms. The van der Waals surface area contributed by atoms with E-state index < -0.39 is 5.97 Å². The van der Waals surface area contributed by atoms with Crippen molar-refractivity contribution in [3.05, 3.63) is 35.7 Å². The number of rotatable bonds is 2. The molecule has 0 aromatic carbocycles. The number of aromatic carboxylic acids is 1. The van der Waals surface area contributed by atoms with Gasteiger partial charge >= 0.3 is 5.97 Å². The Balaban J connectivity index is 1.93. The number of aromatic nitrogens is 4. The van der Waals surface area contributed by atoms with Crippen LogP contribution in [0.2, 0.25) is 0 Å². The molecule has 2 aromatic heterocycles. The number of nitrogens with zero attached hydrogens (tertiary/aromatic N) is 5. The predicted octanol–water partition coefficient (Wildman–Crippen LogP) is 0.700. The Kier molecular flexibility index (Phi) is 2.66. The zero-order chi connectivity index (χ0) is 13.4. The number of hydrogen-bond acceptors (Lipinski definition) is 5. The van der Waals surface area contributed by atoms with Crippen LogP contribution in [0.1, 0.15) is 22.0 Å². The molecule has 7 nitrogen and oxygen atoms in total. The minimum atomic E-state index is -1.04. The second kappa shape index (κ2) is 4.34. The highest BCUT2D eigenvalue weighted by Crippen LogP contribution is 2.17. The summed E-state index contributed by atoms with van der Waals surface area (Å²) in [6.45, 7) is 3.90. The maximum Gasteiger partial charge on any atom is 0.354 e. The maximum atomic E-state index is 11.0. The molecule has 0 fully saturated rings. The molecule has 2 aromatic rings. The Morgan fingerprint density at radius 1 is 1.37 bits per heavy atom. The molecule has 1 aliphatic rings. The molecular weight excluding hydrogens is 246 g/mol. The fourth-order valence-electron chi connectivity index (χ4n) is 2.15. The van der Waals surface area contributed by atoms with Crippen LogP contribution in [0.3, 0.4) is 0 Å². The number of carbonyl (C=O) groups is 1. The van der Waals surface area contributed by atoms with Gasteiger partial charge in [0.25, 0.3) is 0 Å². The third-order valence-electron chi connectivity index (χ3n) is 3.09. The van der Waals surface area contributed by atoms with Crippen molar-refractivity contribution in [1.82, 2.24) is 19.5 Å². The second-order valence-corrected chi connectivity index (χ2v) is 4.46. The molecule has 3 rings (SSSR count). The number of carboxylic acids is 1. The van der Waals surface area contributed by atoms with Gasteiger partial charge in [-0.05, 0) is 13.0 Å². The summed E-state index contributed by atoms with van der Waals surface area (Å²) in [5.41, 5.74) is 0.674. The van der Waals surface area contributed by atoms with Crippen LogP contribution in [0.15, 0.2) is 18.5 Å². The van der Waals surface area contributed by atoms with Gasteiger partial charge in [0.2, 0.25) is 5.95 Å². The molecule has 0 aliphatic carbocycles. The van der Waals surface area contributed by atoms with Crippen molar-refractivity contribution in [3.63, 3.8) is 0 Å². The van der Waals surface area contributed by atoms with Crippen LogP contribution in [0.5, 0.6) is 0 Å². The Morgan fingerprint density at radius 2 is 2.21 bits per heavy atom. The van der Waals surface area contributed by atoms with E-state index in [-0.39, 0.29) is 5.69 Å². The summed E-state index contributed by atoms with van der Waals surface area (Å²) in [5.74, 6) is 0.352. The van der Waals surface area contributed by atoms with Crippen molar-refractivity contribution in [2.24, 2.45) is 0 Å². The number of anilines is 1. The topological polar surface area (TPSA) is 84.1 Å². The Hall–Kier alpha value is -2.44. The first-order valence-electron chi connectivity index (χ1n) is 5.97. The number of hydrogen-bond donors (Lipinski definition) is 1. The van der Waals surface area contributed by atoms with E-state index >= 15 is 0 Å². The van der Waals surface area contributed by atoms with Crippen molar-refractivity contribution in [3.8, 4) is 0 Å². The van der Waals surface area contributed by atoms with Gasteiger partial charge in [0.15, 0.2) is 5.69 Å². The maximum absolute atomic E-state index is 11.0. The molecule has 7 heteroatoms. The molecule has 1 N–H and O–H groups in total. The van der Waals surface area contributed by atoms with Gasteiger partial charge < -0.3 is 14.6 Å². The SMILES string of the molecule is Cc1cc(C(=O)O)nc(N2CCn3ccnc3C2)n1. The summed E-state index contributed by atoms with van der Waals surface area (Å²) >= 11 is 0. The van der Waals surface area contributed by atoms with Gasteiger partial charge in [-0.3, -0.25) is 0 Å². The number of aryl methyl sites for hydroxylation is 1. The van der Waals surface area contributed by atoms with Crippen molar-refractivity contribution >= 4 is 11.9 Å². The summed E-state index contributed by atoms with van der Waals surface area (Å²) in [4.78, 5) is 25.6. The van der Waals surface area contributed by atoms with Gasteiger partial charge in [-0.15, -0.1) is 0 Å². The highest BCUT2D eigenvalue weighted by atomic mass is 16.4. The lowest BCUT2D eigenvalue weighted by Crippen LogP contribution is -2.35. The molecule has 19 heavy (non-hydrogen) atoms. The molecule has 0 radical (unpaired) electrons. The molecule has 0 saturated heterocycles. The summed E-state index contributed by atoms with van der Waals surface area (Å²) in [7, 11) is 0. The standard InChI is InChI=1S/C12H13N5O2/c1-8-6-9(11(18)19)15-12(14-8)17-5-4-16-3-2-13-10(16)7-17/h2-3,6H,4-5,7H2,1H3,(H,18,19). The van der Waals surface area contributed by atoms with Crippen molar-refractivity contribution < 1.29 is 9.90 Å². The number of carboxylic acid groups (broad SMARTS) is 1.